The number of hydrogen-bond donors (Lipinski definition) is 1. The summed E-state index contributed by atoms with van der Waals surface area (Å²) in [4.78, 5) is 4.47. The van der Waals surface area contributed by atoms with Gasteiger partial charge >= 0.3 is 0 Å². The van der Waals surface area contributed by atoms with Gasteiger partial charge in [0.25, 0.3) is 0 Å². The molecular weight excluding hydrogens is 302 g/mol. The number of aryl methyl sites for hydroxylation is 1. The molecule has 0 saturated carbocycles. The number of anilines is 1. The molecule has 120 valence electrons. The second-order valence-electron chi connectivity index (χ2n) is 6.37. The van der Waals surface area contributed by atoms with Crippen molar-refractivity contribution >= 4 is 17.3 Å². The number of hydrogen-bond acceptors (Lipinski definition) is 5. The van der Waals surface area contributed by atoms with Gasteiger partial charge in [-0.15, -0.1) is 0 Å². The van der Waals surface area contributed by atoms with E-state index in [1.54, 1.807) is 13.2 Å². The summed E-state index contributed by atoms with van der Waals surface area (Å²) in [6.45, 7) is 10.0. The van der Waals surface area contributed by atoms with Crippen LogP contribution in [0.25, 0.3) is 0 Å². The third-order valence-corrected chi connectivity index (χ3v) is 3.74. The van der Waals surface area contributed by atoms with Crippen LogP contribution in [0.4, 0.5) is 5.69 Å². The first-order chi connectivity index (χ1) is 10.2. The second kappa shape index (κ2) is 6.16. The Balaban J connectivity index is 2.23. The van der Waals surface area contributed by atoms with E-state index in [2.05, 4.69) is 15.5 Å². The molecule has 1 aromatic carbocycles. The summed E-state index contributed by atoms with van der Waals surface area (Å²) in [6, 6.07) is 3.59. The summed E-state index contributed by atoms with van der Waals surface area (Å²) in [5.41, 5.74) is 1.67. The van der Waals surface area contributed by atoms with Gasteiger partial charge in [0, 0.05) is 16.5 Å². The zero-order valence-corrected chi connectivity index (χ0v) is 14.6. The molecular formula is C16H22ClN3O2. The van der Waals surface area contributed by atoms with Gasteiger partial charge in [0.05, 0.1) is 12.8 Å². The Morgan fingerprint density at radius 3 is 2.55 bits per heavy atom. The first-order valence-electron chi connectivity index (χ1n) is 7.17. The van der Waals surface area contributed by atoms with Crippen molar-refractivity contribution < 1.29 is 9.26 Å². The fourth-order valence-electron chi connectivity index (χ4n) is 1.96. The molecule has 1 heterocycles. The number of rotatable bonds is 4. The van der Waals surface area contributed by atoms with Crippen LogP contribution in [0.15, 0.2) is 16.7 Å². The summed E-state index contributed by atoms with van der Waals surface area (Å²) in [5, 5.41) is 8.05. The number of methoxy groups -OCH3 is 1. The lowest BCUT2D eigenvalue weighted by Crippen LogP contribution is -2.14. The molecule has 1 aromatic heterocycles. The minimum Gasteiger partial charge on any atom is -0.495 e. The van der Waals surface area contributed by atoms with Crippen molar-refractivity contribution in [3.8, 4) is 5.75 Å². The smallest absolute Gasteiger partial charge is 0.248 e. The van der Waals surface area contributed by atoms with Crippen LogP contribution < -0.4 is 10.1 Å². The topological polar surface area (TPSA) is 60.2 Å². The Labute approximate surface area is 136 Å². The van der Waals surface area contributed by atoms with Crippen LogP contribution in [-0.4, -0.2) is 17.3 Å². The largest absolute Gasteiger partial charge is 0.495 e. The van der Waals surface area contributed by atoms with Gasteiger partial charge in [0.15, 0.2) is 5.82 Å². The van der Waals surface area contributed by atoms with Gasteiger partial charge in [0.2, 0.25) is 5.89 Å². The van der Waals surface area contributed by atoms with Crippen LogP contribution in [0.1, 0.15) is 51.0 Å². The van der Waals surface area contributed by atoms with Crippen LogP contribution in [0.5, 0.6) is 5.75 Å². The maximum atomic E-state index is 6.12. The minimum atomic E-state index is -0.143. The molecule has 22 heavy (non-hydrogen) atoms. The van der Waals surface area contributed by atoms with Gasteiger partial charge < -0.3 is 14.6 Å². The molecule has 2 aromatic rings. The molecule has 0 aliphatic rings. The highest BCUT2D eigenvalue weighted by Gasteiger charge is 2.23. The predicted molar refractivity (Wildman–Crippen MR) is 87.8 cm³/mol. The summed E-state index contributed by atoms with van der Waals surface area (Å²) < 4.78 is 10.7. The fraction of sp³-hybridized carbons (Fsp3) is 0.500. The van der Waals surface area contributed by atoms with Gasteiger partial charge in [-0.25, -0.2) is 0 Å². The standard InChI is InChI=1S/C16H22ClN3O2/c1-9-7-12(13(21-6)8-11(9)17)18-10(2)14-19-15(20-22-14)16(3,4)5/h7-8,10,18H,1-6H3/t10-/m1/s1. The molecule has 0 bridgehead atoms. The molecule has 0 fully saturated rings. The van der Waals surface area contributed by atoms with E-state index in [1.165, 1.54) is 0 Å². The Kier molecular flexibility index (Phi) is 4.66. The predicted octanol–water partition coefficient (Wildman–Crippen LogP) is 4.51. The summed E-state index contributed by atoms with van der Waals surface area (Å²) >= 11 is 6.12. The average Bonchev–Trinajstić information content (AvgIpc) is 2.92. The molecule has 0 radical (unpaired) electrons. The van der Waals surface area contributed by atoms with Gasteiger partial charge in [-0.2, -0.15) is 4.98 Å². The van der Waals surface area contributed by atoms with Crippen molar-refractivity contribution in [3.05, 3.63) is 34.4 Å². The number of aromatic nitrogens is 2. The number of nitrogens with one attached hydrogen (secondary N) is 1. The molecule has 6 heteroatoms. The molecule has 0 spiro atoms. The lowest BCUT2D eigenvalue weighted by atomic mass is 9.96. The van der Waals surface area contributed by atoms with E-state index in [4.69, 9.17) is 20.9 Å². The normalized spacial score (nSPS) is 13.0. The monoisotopic (exact) mass is 323 g/mol. The van der Waals surface area contributed by atoms with Crippen molar-refractivity contribution in [1.82, 2.24) is 10.1 Å². The van der Waals surface area contributed by atoms with E-state index in [-0.39, 0.29) is 11.5 Å². The van der Waals surface area contributed by atoms with Crippen molar-refractivity contribution in [2.24, 2.45) is 0 Å². The lowest BCUT2D eigenvalue weighted by molar-refractivity contribution is 0.353. The van der Waals surface area contributed by atoms with E-state index >= 15 is 0 Å². The fourth-order valence-corrected chi connectivity index (χ4v) is 2.11. The minimum absolute atomic E-state index is 0.141. The molecule has 0 aliphatic carbocycles. The molecule has 5 nitrogen and oxygen atoms in total. The van der Waals surface area contributed by atoms with Crippen LogP contribution >= 0.6 is 11.6 Å². The van der Waals surface area contributed by atoms with E-state index in [0.717, 1.165) is 11.3 Å². The lowest BCUT2D eigenvalue weighted by Gasteiger charge is -2.16. The van der Waals surface area contributed by atoms with Crippen molar-refractivity contribution in [1.29, 1.82) is 0 Å². The second-order valence-corrected chi connectivity index (χ2v) is 6.78. The Bertz CT molecular complexity index is 662. The average molecular weight is 324 g/mol. The van der Waals surface area contributed by atoms with Crippen LogP contribution in [0.2, 0.25) is 5.02 Å². The number of ether oxygens (including phenoxy) is 1. The number of benzene rings is 1. The van der Waals surface area contributed by atoms with E-state index < -0.39 is 0 Å². The van der Waals surface area contributed by atoms with Gasteiger partial charge in [-0.1, -0.05) is 37.5 Å². The zero-order chi connectivity index (χ0) is 16.5. The van der Waals surface area contributed by atoms with Crippen LogP contribution in [0.3, 0.4) is 0 Å². The van der Waals surface area contributed by atoms with E-state index in [1.807, 2.05) is 40.7 Å². The highest BCUT2D eigenvalue weighted by molar-refractivity contribution is 6.31. The molecule has 0 aliphatic heterocycles. The molecule has 0 saturated heterocycles. The van der Waals surface area contributed by atoms with E-state index in [9.17, 15) is 0 Å². The highest BCUT2D eigenvalue weighted by atomic mass is 35.5. The SMILES string of the molecule is COc1cc(Cl)c(C)cc1N[C@H](C)c1nc(C(C)(C)C)no1. The summed E-state index contributed by atoms with van der Waals surface area (Å²) in [6.07, 6.45) is 0. The van der Waals surface area contributed by atoms with Gasteiger partial charge in [-0.3, -0.25) is 0 Å². The quantitative estimate of drug-likeness (QED) is 0.897. The van der Waals surface area contributed by atoms with Crippen molar-refractivity contribution in [3.63, 3.8) is 0 Å². The van der Waals surface area contributed by atoms with Crippen molar-refractivity contribution in [2.45, 2.75) is 46.1 Å². The maximum absolute atomic E-state index is 6.12. The molecule has 2 rings (SSSR count). The Hall–Kier alpha value is -1.75. The third-order valence-electron chi connectivity index (χ3n) is 3.34. The first-order valence-corrected chi connectivity index (χ1v) is 7.55. The van der Waals surface area contributed by atoms with Crippen molar-refractivity contribution in [2.75, 3.05) is 12.4 Å². The van der Waals surface area contributed by atoms with Crippen LogP contribution in [0, 0.1) is 6.92 Å². The molecule has 1 atom stereocenters. The number of halogens is 1. The Morgan fingerprint density at radius 2 is 2.00 bits per heavy atom. The highest BCUT2D eigenvalue weighted by Crippen LogP contribution is 2.33. The zero-order valence-electron chi connectivity index (χ0n) is 13.8. The molecule has 1 N–H and O–H groups in total. The number of nitrogens with zero attached hydrogens (tertiary/aromatic N) is 2. The van der Waals surface area contributed by atoms with Gasteiger partial charge in [0.1, 0.15) is 11.8 Å². The van der Waals surface area contributed by atoms with Crippen LogP contribution in [-0.2, 0) is 5.41 Å². The maximum Gasteiger partial charge on any atom is 0.248 e. The molecule has 0 unspecified atom stereocenters. The first kappa shape index (κ1) is 16.6. The summed E-state index contributed by atoms with van der Waals surface area (Å²) in [5.74, 6) is 1.91. The van der Waals surface area contributed by atoms with E-state index in [0.29, 0.717) is 22.5 Å². The third kappa shape index (κ3) is 3.53. The van der Waals surface area contributed by atoms with Gasteiger partial charge in [-0.05, 0) is 25.5 Å². The molecule has 0 amide bonds. The summed E-state index contributed by atoms with van der Waals surface area (Å²) in [7, 11) is 1.61. The Morgan fingerprint density at radius 1 is 1.32 bits per heavy atom.